The van der Waals surface area contributed by atoms with Gasteiger partial charge < -0.3 is 20.4 Å². The number of hydrogen-bond donors (Lipinski definition) is 4. The zero-order valence-corrected chi connectivity index (χ0v) is 17.0. The maximum absolute atomic E-state index is 13.0. The van der Waals surface area contributed by atoms with Crippen LogP contribution in [0.2, 0.25) is 0 Å². The van der Waals surface area contributed by atoms with E-state index in [0.29, 0.717) is 31.6 Å². The van der Waals surface area contributed by atoms with Crippen molar-refractivity contribution in [2.75, 3.05) is 0 Å². The van der Waals surface area contributed by atoms with Crippen molar-refractivity contribution in [1.29, 1.82) is 0 Å². The van der Waals surface area contributed by atoms with Crippen molar-refractivity contribution < 1.29 is 25.2 Å². The lowest BCUT2D eigenvalue weighted by Crippen LogP contribution is -2.48. The van der Waals surface area contributed by atoms with Crippen molar-refractivity contribution in [3.8, 4) is 0 Å². The first-order chi connectivity index (χ1) is 11.9. The van der Waals surface area contributed by atoms with Crippen LogP contribution in [-0.4, -0.2) is 37.9 Å². The molecule has 5 heteroatoms. The molecule has 4 N–H and O–H groups in total. The van der Waals surface area contributed by atoms with Crippen molar-refractivity contribution in [3.05, 3.63) is 22.7 Å². The number of rotatable bonds is 9. The van der Waals surface area contributed by atoms with E-state index in [1.54, 1.807) is 0 Å². The Balaban J connectivity index is 3.40. The molecule has 0 fully saturated rings. The normalized spacial score (nSPS) is 23.0. The van der Waals surface area contributed by atoms with E-state index in [-0.39, 0.29) is 35.2 Å². The van der Waals surface area contributed by atoms with E-state index in [4.69, 9.17) is 0 Å². The largest absolute Gasteiger partial charge is 0.508 e. The fraction of sp³-hybridized carbons (Fsp3) is 0.762. The molecular weight excluding hydrogens is 332 g/mol. The van der Waals surface area contributed by atoms with E-state index in [1.165, 1.54) is 0 Å². The van der Waals surface area contributed by atoms with E-state index < -0.39 is 23.2 Å². The fourth-order valence-corrected chi connectivity index (χ4v) is 3.24. The Bertz CT molecular complexity index is 571. The smallest absolute Gasteiger partial charge is 0.204 e. The Labute approximate surface area is 157 Å². The number of hydrogen-bond acceptors (Lipinski definition) is 5. The summed E-state index contributed by atoms with van der Waals surface area (Å²) in [5.74, 6) is -0.928. The number of aliphatic hydroxyl groups excluding tert-OH is 3. The van der Waals surface area contributed by atoms with Crippen LogP contribution in [0.4, 0.5) is 0 Å². The monoisotopic (exact) mass is 368 g/mol. The van der Waals surface area contributed by atoms with Gasteiger partial charge in [0.25, 0.3) is 0 Å². The number of carbonyl (C=O) groups is 1. The molecule has 0 saturated heterocycles. The van der Waals surface area contributed by atoms with Gasteiger partial charge in [-0.3, -0.25) is 4.79 Å². The summed E-state index contributed by atoms with van der Waals surface area (Å²) in [5, 5.41) is 42.9. The number of carbonyl (C=O) groups excluding carboxylic acids is 1. The van der Waals surface area contributed by atoms with E-state index in [2.05, 4.69) is 0 Å². The third kappa shape index (κ3) is 5.10. The van der Waals surface area contributed by atoms with Crippen LogP contribution >= 0.6 is 0 Å². The summed E-state index contributed by atoms with van der Waals surface area (Å²) < 4.78 is 0. The molecule has 1 rings (SSSR count). The highest BCUT2D eigenvalue weighted by Crippen LogP contribution is 2.40. The van der Waals surface area contributed by atoms with Crippen LogP contribution in [-0.2, 0) is 4.79 Å². The molecule has 0 amide bonds. The molecule has 2 unspecified atom stereocenters. The molecule has 150 valence electrons. The summed E-state index contributed by atoms with van der Waals surface area (Å²) in [7, 11) is 0. The van der Waals surface area contributed by atoms with Gasteiger partial charge in [0.05, 0.1) is 11.7 Å². The van der Waals surface area contributed by atoms with Crippen molar-refractivity contribution in [2.24, 2.45) is 17.8 Å². The van der Waals surface area contributed by atoms with Crippen molar-refractivity contribution in [2.45, 2.75) is 85.4 Å². The summed E-state index contributed by atoms with van der Waals surface area (Å²) in [6.45, 7) is 11.8. The molecule has 1 aliphatic rings. The van der Waals surface area contributed by atoms with Crippen LogP contribution in [0, 0.1) is 17.8 Å². The lowest BCUT2D eigenvalue weighted by molar-refractivity contribution is -0.135. The predicted octanol–water partition coefficient (Wildman–Crippen LogP) is 4.20. The second-order valence-corrected chi connectivity index (χ2v) is 8.79. The van der Waals surface area contributed by atoms with Gasteiger partial charge in [-0.05, 0) is 49.9 Å². The second kappa shape index (κ2) is 9.05. The summed E-state index contributed by atoms with van der Waals surface area (Å²) in [4.78, 5) is 13.0. The average Bonchev–Trinajstić information content (AvgIpc) is 2.50. The molecule has 5 nitrogen and oxygen atoms in total. The maximum Gasteiger partial charge on any atom is 0.204 e. The van der Waals surface area contributed by atoms with Gasteiger partial charge in [-0.2, -0.15) is 0 Å². The molecular formula is C21H36O5. The second-order valence-electron chi connectivity index (χ2n) is 8.79. The molecule has 0 radical (unpaired) electrons. The standard InChI is InChI=1S/C21H36O5/c1-12(2)7-8-15-18(23)17(16(22)11-14(5)6)20(25)21(26,19(15)24)10-9-13(3)4/h12-14,16,22-24,26H,7-11H2,1-6H3. The minimum absolute atomic E-state index is 0.0612. The average molecular weight is 369 g/mol. The Kier molecular flexibility index (Phi) is 7.90. The molecule has 0 aromatic rings. The molecule has 0 aliphatic heterocycles. The molecule has 0 bridgehead atoms. The first kappa shape index (κ1) is 22.7. The lowest BCUT2D eigenvalue weighted by Gasteiger charge is -2.35. The van der Waals surface area contributed by atoms with E-state index in [0.717, 1.165) is 0 Å². The summed E-state index contributed by atoms with van der Waals surface area (Å²) in [6, 6.07) is 0. The number of allylic oxidation sites excluding steroid dienone is 1. The highest BCUT2D eigenvalue weighted by atomic mass is 16.3. The molecule has 0 aromatic carbocycles. The minimum atomic E-state index is -2.07. The fourth-order valence-electron chi connectivity index (χ4n) is 3.24. The third-order valence-corrected chi connectivity index (χ3v) is 4.92. The van der Waals surface area contributed by atoms with Gasteiger partial charge in [0.2, 0.25) is 5.78 Å². The van der Waals surface area contributed by atoms with Gasteiger partial charge in [-0.15, -0.1) is 0 Å². The zero-order valence-electron chi connectivity index (χ0n) is 17.0. The topological polar surface area (TPSA) is 98.0 Å². The number of aliphatic hydroxyl groups is 4. The van der Waals surface area contributed by atoms with Gasteiger partial charge in [0.1, 0.15) is 11.5 Å². The maximum atomic E-state index is 13.0. The Morgan fingerprint density at radius 1 is 0.923 bits per heavy atom. The SMILES string of the molecule is CC(C)CCC1=C(O)C(O)(CCC(C)C)C(=O)C(C(O)CC(C)C)=C1O. The molecule has 0 saturated carbocycles. The summed E-state index contributed by atoms with van der Waals surface area (Å²) >= 11 is 0. The lowest BCUT2D eigenvalue weighted by atomic mass is 9.75. The molecule has 0 spiro atoms. The van der Waals surface area contributed by atoms with Gasteiger partial charge in [0, 0.05) is 5.57 Å². The number of Topliss-reactive ketones (excluding diaryl/α,β-unsaturated/α-hetero) is 1. The van der Waals surface area contributed by atoms with Crippen molar-refractivity contribution in [3.63, 3.8) is 0 Å². The van der Waals surface area contributed by atoms with Crippen LogP contribution < -0.4 is 0 Å². The van der Waals surface area contributed by atoms with Crippen LogP contribution in [0.3, 0.4) is 0 Å². The predicted molar refractivity (Wildman–Crippen MR) is 103 cm³/mol. The Hall–Kier alpha value is -1.33. The highest BCUT2D eigenvalue weighted by molar-refractivity contribution is 6.06. The highest BCUT2D eigenvalue weighted by Gasteiger charge is 2.49. The minimum Gasteiger partial charge on any atom is -0.508 e. The van der Waals surface area contributed by atoms with Crippen LogP contribution in [0.15, 0.2) is 22.7 Å². The van der Waals surface area contributed by atoms with Crippen LogP contribution in [0.1, 0.15) is 73.6 Å². The van der Waals surface area contributed by atoms with Crippen LogP contribution in [0.5, 0.6) is 0 Å². The first-order valence-electron chi connectivity index (χ1n) is 9.73. The van der Waals surface area contributed by atoms with Crippen molar-refractivity contribution in [1.82, 2.24) is 0 Å². The molecule has 2 atom stereocenters. The Morgan fingerprint density at radius 2 is 1.46 bits per heavy atom. The van der Waals surface area contributed by atoms with Gasteiger partial charge in [-0.1, -0.05) is 41.5 Å². The molecule has 0 heterocycles. The first-order valence-corrected chi connectivity index (χ1v) is 9.73. The number of ketones is 1. The zero-order chi connectivity index (χ0) is 20.2. The van der Waals surface area contributed by atoms with Gasteiger partial charge >= 0.3 is 0 Å². The summed E-state index contributed by atoms with van der Waals surface area (Å²) in [5.41, 5.74) is -2.06. The van der Waals surface area contributed by atoms with Crippen LogP contribution in [0.25, 0.3) is 0 Å². The Morgan fingerprint density at radius 3 is 1.92 bits per heavy atom. The molecule has 1 aliphatic carbocycles. The molecule has 26 heavy (non-hydrogen) atoms. The van der Waals surface area contributed by atoms with Gasteiger partial charge in [0.15, 0.2) is 5.60 Å². The van der Waals surface area contributed by atoms with Crippen molar-refractivity contribution >= 4 is 5.78 Å². The summed E-state index contributed by atoms with van der Waals surface area (Å²) in [6.07, 6.45) is 0.749. The van der Waals surface area contributed by atoms with E-state index in [1.807, 2.05) is 41.5 Å². The van der Waals surface area contributed by atoms with Gasteiger partial charge in [-0.25, -0.2) is 0 Å². The molecule has 0 aromatic heterocycles. The van der Waals surface area contributed by atoms with E-state index >= 15 is 0 Å². The quantitative estimate of drug-likeness (QED) is 0.489. The van der Waals surface area contributed by atoms with E-state index in [9.17, 15) is 25.2 Å². The third-order valence-electron chi connectivity index (χ3n) is 4.92.